The standard InChI is InChI=1S/C14H29N3O2S/c1-13(2)12-17(14-6-3-4-7-14)20(18,19)16-10-5-8-15-9-11-16/h13-15H,3-12H2,1-2H3. The molecule has 0 unspecified atom stereocenters. The van der Waals surface area contributed by atoms with Gasteiger partial charge in [-0.05, 0) is 31.7 Å². The Morgan fingerprint density at radius 1 is 1.15 bits per heavy atom. The van der Waals surface area contributed by atoms with Crippen LogP contribution in [0.15, 0.2) is 0 Å². The first-order valence-corrected chi connectivity index (χ1v) is 9.39. The third-order valence-electron chi connectivity index (χ3n) is 4.20. The first-order valence-electron chi connectivity index (χ1n) is 7.99. The summed E-state index contributed by atoms with van der Waals surface area (Å²) in [4.78, 5) is 0. The van der Waals surface area contributed by atoms with Gasteiger partial charge in [-0.25, -0.2) is 0 Å². The molecule has 1 aliphatic heterocycles. The van der Waals surface area contributed by atoms with E-state index in [1.54, 1.807) is 8.61 Å². The molecule has 0 radical (unpaired) electrons. The molecule has 0 aromatic heterocycles. The fourth-order valence-corrected chi connectivity index (χ4v) is 5.24. The third kappa shape index (κ3) is 3.93. The predicted molar refractivity (Wildman–Crippen MR) is 81.8 cm³/mol. The van der Waals surface area contributed by atoms with Crippen LogP contribution >= 0.6 is 0 Å². The van der Waals surface area contributed by atoms with Crippen molar-refractivity contribution in [1.29, 1.82) is 0 Å². The summed E-state index contributed by atoms with van der Waals surface area (Å²) in [5, 5.41) is 3.27. The van der Waals surface area contributed by atoms with E-state index < -0.39 is 10.2 Å². The molecule has 0 bridgehead atoms. The van der Waals surface area contributed by atoms with Crippen LogP contribution in [0.1, 0.15) is 46.0 Å². The highest BCUT2D eigenvalue weighted by molar-refractivity contribution is 7.86. The fraction of sp³-hybridized carbons (Fsp3) is 1.00. The lowest BCUT2D eigenvalue weighted by molar-refractivity contribution is 0.264. The highest BCUT2D eigenvalue weighted by Crippen LogP contribution is 2.28. The largest absolute Gasteiger partial charge is 0.315 e. The average Bonchev–Trinajstić information content (AvgIpc) is 2.76. The van der Waals surface area contributed by atoms with Gasteiger partial charge in [0, 0.05) is 32.2 Å². The first-order chi connectivity index (χ1) is 9.51. The summed E-state index contributed by atoms with van der Waals surface area (Å²) >= 11 is 0. The van der Waals surface area contributed by atoms with Crippen LogP contribution < -0.4 is 5.32 Å². The fourth-order valence-electron chi connectivity index (χ4n) is 3.18. The second-order valence-corrected chi connectivity index (χ2v) is 8.29. The van der Waals surface area contributed by atoms with Gasteiger partial charge in [-0.15, -0.1) is 0 Å². The molecule has 1 saturated heterocycles. The zero-order chi connectivity index (χ0) is 14.6. The van der Waals surface area contributed by atoms with E-state index in [0.717, 1.165) is 45.2 Å². The number of hydrogen-bond acceptors (Lipinski definition) is 3. The summed E-state index contributed by atoms with van der Waals surface area (Å²) in [5.41, 5.74) is 0. The molecule has 118 valence electrons. The smallest absolute Gasteiger partial charge is 0.282 e. The number of hydrogen-bond donors (Lipinski definition) is 1. The molecule has 1 saturated carbocycles. The van der Waals surface area contributed by atoms with E-state index in [1.165, 1.54) is 0 Å². The summed E-state index contributed by atoms with van der Waals surface area (Å²) in [6.45, 7) is 7.78. The second-order valence-electron chi connectivity index (χ2n) is 6.41. The minimum Gasteiger partial charge on any atom is -0.315 e. The quantitative estimate of drug-likeness (QED) is 0.836. The topological polar surface area (TPSA) is 52.7 Å². The molecular weight excluding hydrogens is 274 g/mol. The maximum absolute atomic E-state index is 13.0. The normalized spacial score (nSPS) is 23.6. The average molecular weight is 303 g/mol. The van der Waals surface area contributed by atoms with E-state index in [-0.39, 0.29) is 6.04 Å². The zero-order valence-electron chi connectivity index (χ0n) is 12.8. The molecule has 0 atom stereocenters. The second kappa shape index (κ2) is 7.20. The van der Waals surface area contributed by atoms with E-state index in [0.29, 0.717) is 25.6 Å². The Bertz CT molecular complexity index is 383. The molecule has 0 spiro atoms. The van der Waals surface area contributed by atoms with Crippen molar-refractivity contribution in [2.75, 3.05) is 32.7 Å². The molecule has 20 heavy (non-hydrogen) atoms. The van der Waals surface area contributed by atoms with Crippen LogP contribution in [0.4, 0.5) is 0 Å². The predicted octanol–water partition coefficient (Wildman–Crippen LogP) is 1.43. The Morgan fingerprint density at radius 3 is 2.50 bits per heavy atom. The lowest BCUT2D eigenvalue weighted by atomic mass is 10.2. The number of rotatable bonds is 5. The van der Waals surface area contributed by atoms with Crippen molar-refractivity contribution in [3.8, 4) is 0 Å². The van der Waals surface area contributed by atoms with Crippen molar-refractivity contribution in [2.45, 2.75) is 52.0 Å². The summed E-state index contributed by atoms with van der Waals surface area (Å²) in [6, 6.07) is 0.221. The molecule has 0 aromatic carbocycles. The molecule has 6 heteroatoms. The SMILES string of the molecule is CC(C)CN(C1CCCC1)S(=O)(=O)N1CCCNCC1. The van der Waals surface area contributed by atoms with E-state index in [9.17, 15) is 8.42 Å². The monoisotopic (exact) mass is 303 g/mol. The Morgan fingerprint density at radius 2 is 1.85 bits per heavy atom. The zero-order valence-corrected chi connectivity index (χ0v) is 13.7. The Balaban J connectivity index is 2.15. The van der Waals surface area contributed by atoms with Crippen LogP contribution in [-0.2, 0) is 10.2 Å². The minimum atomic E-state index is -3.30. The van der Waals surface area contributed by atoms with Crippen LogP contribution in [0.25, 0.3) is 0 Å². The van der Waals surface area contributed by atoms with Crippen molar-refractivity contribution >= 4 is 10.2 Å². The molecule has 1 aliphatic carbocycles. The molecule has 0 amide bonds. The Labute approximate surface area is 123 Å². The van der Waals surface area contributed by atoms with Crippen molar-refractivity contribution in [1.82, 2.24) is 13.9 Å². The van der Waals surface area contributed by atoms with Crippen LogP contribution in [0.5, 0.6) is 0 Å². The molecule has 2 rings (SSSR count). The summed E-state index contributed by atoms with van der Waals surface area (Å²) in [6.07, 6.45) is 5.28. The molecule has 5 nitrogen and oxygen atoms in total. The van der Waals surface area contributed by atoms with Crippen molar-refractivity contribution in [3.63, 3.8) is 0 Å². The summed E-state index contributed by atoms with van der Waals surface area (Å²) in [7, 11) is -3.30. The van der Waals surface area contributed by atoms with Gasteiger partial charge >= 0.3 is 0 Å². The Kier molecular flexibility index (Phi) is 5.84. The molecule has 1 N–H and O–H groups in total. The van der Waals surface area contributed by atoms with Crippen LogP contribution in [-0.4, -0.2) is 55.8 Å². The molecular formula is C14H29N3O2S. The van der Waals surface area contributed by atoms with Crippen molar-refractivity contribution in [3.05, 3.63) is 0 Å². The van der Waals surface area contributed by atoms with E-state index in [4.69, 9.17) is 0 Å². The van der Waals surface area contributed by atoms with Gasteiger partial charge in [0.05, 0.1) is 0 Å². The van der Waals surface area contributed by atoms with Gasteiger partial charge < -0.3 is 5.32 Å². The highest BCUT2D eigenvalue weighted by atomic mass is 32.2. The third-order valence-corrected chi connectivity index (χ3v) is 6.26. The van der Waals surface area contributed by atoms with Gasteiger partial charge in [0.1, 0.15) is 0 Å². The van der Waals surface area contributed by atoms with Gasteiger partial charge in [0.2, 0.25) is 0 Å². The molecule has 2 aliphatic rings. The molecule has 1 heterocycles. The van der Waals surface area contributed by atoms with Gasteiger partial charge in [-0.2, -0.15) is 17.0 Å². The van der Waals surface area contributed by atoms with Crippen LogP contribution in [0.2, 0.25) is 0 Å². The van der Waals surface area contributed by atoms with Crippen molar-refractivity contribution < 1.29 is 8.42 Å². The summed E-state index contributed by atoms with van der Waals surface area (Å²) in [5.74, 6) is 0.371. The lowest BCUT2D eigenvalue weighted by Crippen LogP contribution is -2.50. The number of nitrogens with zero attached hydrogens (tertiary/aromatic N) is 2. The maximum Gasteiger partial charge on any atom is 0.282 e. The highest BCUT2D eigenvalue weighted by Gasteiger charge is 2.36. The maximum atomic E-state index is 13.0. The van der Waals surface area contributed by atoms with E-state index in [1.807, 2.05) is 0 Å². The lowest BCUT2D eigenvalue weighted by Gasteiger charge is -2.34. The summed E-state index contributed by atoms with van der Waals surface area (Å²) < 4.78 is 29.5. The van der Waals surface area contributed by atoms with Crippen molar-refractivity contribution in [2.24, 2.45) is 5.92 Å². The van der Waals surface area contributed by atoms with Gasteiger partial charge in [-0.3, -0.25) is 0 Å². The molecule has 2 fully saturated rings. The van der Waals surface area contributed by atoms with Gasteiger partial charge in [0.15, 0.2) is 0 Å². The number of nitrogens with one attached hydrogen (secondary N) is 1. The minimum absolute atomic E-state index is 0.221. The van der Waals surface area contributed by atoms with E-state index in [2.05, 4.69) is 19.2 Å². The van der Waals surface area contributed by atoms with Crippen LogP contribution in [0.3, 0.4) is 0 Å². The van der Waals surface area contributed by atoms with Gasteiger partial charge in [0.25, 0.3) is 10.2 Å². The van der Waals surface area contributed by atoms with Crippen LogP contribution in [0, 0.1) is 5.92 Å². The first kappa shape index (κ1) is 16.2. The van der Waals surface area contributed by atoms with Gasteiger partial charge in [-0.1, -0.05) is 26.7 Å². The van der Waals surface area contributed by atoms with E-state index >= 15 is 0 Å². The molecule has 0 aromatic rings. The Hall–Kier alpha value is -0.170.